The Bertz CT molecular complexity index is 634. The smallest absolute Gasteiger partial charge is 0.325 e. The third-order valence-electron chi connectivity index (χ3n) is 4.29. The van der Waals surface area contributed by atoms with Crippen LogP contribution in [0.2, 0.25) is 0 Å². The second kappa shape index (κ2) is 15.4. The predicted molar refractivity (Wildman–Crippen MR) is 115 cm³/mol. The van der Waals surface area contributed by atoms with Crippen LogP contribution in [-0.4, -0.2) is 82.6 Å². The maximum absolute atomic E-state index is 12.7. The number of hydrogen-bond donors (Lipinski definition) is 7. The summed E-state index contributed by atoms with van der Waals surface area (Å²) in [5.41, 5.74) is 11.2. The highest BCUT2D eigenvalue weighted by Crippen LogP contribution is 2.05. The standard InChI is InChI=1S/C18H33N5O7S/c1-10(18(29)30)21-16(27)12(5-3-4-7-19)22-17(28)13(9-14(24)25)23-15(26)11(20)6-8-31-2/h10-13H,3-9,19-20H2,1-2H3,(H,21,27)(H,22,28)(H,23,26)(H,24,25)(H,29,30). The van der Waals surface area contributed by atoms with Crippen molar-refractivity contribution in [2.24, 2.45) is 11.5 Å². The molecule has 4 unspecified atom stereocenters. The van der Waals surface area contributed by atoms with E-state index < -0.39 is 60.2 Å². The number of hydrogen-bond acceptors (Lipinski definition) is 8. The molecule has 0 bridgehead atoms. The second-order valence-electron chi connectivity index (χ2n) is 6.96. The number of nitrogens with one attached hydrogen (secondary N) is 3. The van der Waals surface area contributed by atoms with Crippen molar-refractivity contribution < 1.29 is 34.2 Å². The minimum atomic E-state index is -1.45. The summed E-state index contributed by atoms with van der Waals surface area (Å²) < 4.78 is 0. The molecule has 178 valence electrons. The number of thioether (sulfide) groups is 1. The van der Waals surface area contributed by atoms with Crippen LogP contribution in [0.3, 0.4) is 0 Å². The van der Waals surface area contributed by atoms with Crippen molar-refractivity contribution in [3.63, 3.8) is 0 Å². The van der Waals surface area contributed by atoms with E-state index in [4.69, 9.17) is 21.7 Å². The van der Waals surface area contributed by atoms with E-state index in [-0.39, 0.29) is 6.42 Å². The highest BCUT2D eigenvalue weighted by molar-refractivity contribution is 7.98. The molecule has 9 N–H and O–H groups in total. The van der Waals surface area contributed by atoms with Crippen LogP contribution in [0.1, 0.15) is 39.0 Å². The van der Waals surface area contributed by atoms with Crippen molar-refractivity contribution in [2.75, 3.05) is 18.6 Å². The topological polar surface area (TPSA) is 214 Å². The minimum absolute atomic E-state index is 0.155. The van der Waals surface area contributed by atoms with Crippen LogP contribution in [0.5, 0.6) is 0 Å². The Kier molecular flexibility index (Phi) is 14.2. The van der Waals surface area contributed by atoms with Crippen molar-refractivity contribution in [3.05, 3.63) is 0 Å². The van der Waals surface area contributed by atoms with Crippen LogP contribution in [0, 0.1) is 0 Å². The van der Waals surface area contributed by atoms with E-state index in [1.165, 1.54) is 18.7 Å². The third-order valence-corrected chi connectivity index (χ3v) is 4.93. The maximum atomic E-state index is 12.7. The van der Waals surface area contributed by atoms with Gasteiger partial charge >= 0.3 is 11.9 Å². The average molecular weight is 464 g/mol. The SMILES string of the molecule is CSCCC(N)C(=O)NC(CC(=O)O)C(=O)NC(CCCCN)C(=O)NC(C)C(=O)O. The van der Waals surface area contributed by atoms with Gasteiger partial charge in [-0.1, -0.05) is 0 Å². The number of unbranched alkanes of at least 4 members (excludes halogenated alkanes) is 1. The van der Waals surface area contributed by atoms with E-state index >= 15 is 0 Å². The molecule has 0 fully saturated rings. The predicted octanol–water partition coefficient (Wildman–Crippen LogP) is -1.77. The van der Waals surface area contributed by atoms with Crippen LogP contribution in [-0.2, 0) is 24.0 Å². The molecule has 13 heteroatoms. The third kappa shape index (κ3) is 12.2. The van der Waals surface area contributed by atoms with Crippen LogP contribution in [0.15, 0.2) is 0 Å². The lowest BCUT2D eigenvalue weighted by Gasteiger charge is -2.24. The molecule has 0 rings (SSSR count). The lowest BCUT2D eigenvalue weighted by Crippen LogP contribution is -2.57. The van der Waals surface area contributed by atoms with Crippen molar-refractivity contribution in [2.45, 2.75) is 63.2 Å². The zero-order valence-electron chi connectivity index (χ0n) is 17.8. The van der Waals surface area contributed by atoms with Crippen LogP contribution < -0.4 is 27.4 Å². The zero-order chi connectivity index (χ0) is 24.0. The van der Waals surface area contributed by atoms with E-state index in [2.05, 4.69) is 16.0 Å². The van der Waals surface area contributed by atoms with E-state index in [1.807, 2.05) is 6.26 Å². The molecular formula is C18H33N5O7S. The fraction of sp³-hybridized carbons (Fsp3) is 0.722. The monoisotopic (exact) mass is 463 g/mol. The first-order chi connectivity index (χ1) is 14.5. The number of carboxylic acids is 2. The van der Waals surface area contributed by atoms with E-state index in [9.17, 15) is 24.0 Å². The van der Waals surface area contributed by atoms with Gasteiger partial charge in [0.15, 0.2) is 0 Å². The molecule has 0 saturated heterocycles. The first-order valence-electron chi connectivity index (χ1n) is 9.83. The largest absolute Gasteiger partial charge is 0.481 e. The number of carbonyl (C=O) groups excluding carboxylic acids is 3. The summed E-state index contributed by atoms with van der Waals surface area (Å²) in [6.45, 7) is 1.63. The molecule has 0 aliphatic rings. The van der Waals surface area contributed by atoms with Gasteiger partial charge in [0.05, 0.1) is 12.5 Å². The van der Waals surface area contributed by atoms with Crippen molar-refractivity contribution in [1.82, 2.24) is 16.0 Å². The van der Waals surface area contributed by atoms with E-state index in [0.29, 0.717) is 31.6 Å². The van der Waals surface area contributed by atoms with Gasteiger partial charge in [0.2, 0.25) is 17.7 Å². The Morgan fingerprint density at radius 1 is 0.903 bits per heavy atom. The Morgan fingerprint density at radius 2 is 1.48 bits per heavy atom. The Labute approximate surface area is 185 Å². The molecule has 0 spiro atoms. The zero-order valence-corrected chi connectivity index (χ0v) is 18.6. The molecule has 0 aromatic rings. The summed E-state index contributed by atoms with van der Waals surface area (Å²) in [7, 11) is 0. The summed E-state index contributed by atoms with van der Waals surface area (Å²) in [6.07, 6.45) is 2.65. The maximum Gasteiger partial charge on any atom is 0.325 e. The number of rotatable bonds is 16. The van der Waals surface area contributed by atoms with Gasteiger partial charge in [0.1, 0.15) is 18.1 Å². The van der Waals surface area contributed by atoms with Gasteiger partial charge in [-0.15, -0.1) is 0 Å². The average Bonchev–Trinajstić information content (AvgIpc) is 2.69. The number of aliphatic carboxylic acids is 2. The molecule has 0 aliphatic heterocycles. The summed E-state index contributed by atoms with van der Waals surface area (Å²) in [6, 6.07) is -4.69. The highest BCUT2D eigenvalue weighted by atomic mass is 32.2. The van der Waals surface area contributed by atoms with Crippen molar-refractivity contribution in [3.8, 4) is 0 Å². The van der Waals surface area contributed by atoms with Gasteiger partial charge in [-0.25, -0.2) is 0 Å². The van der Waals surface area contributed by atoms with Crippen molar-refractivity contribution in [1.29, 1.82) is 0 Å². The molecule has 31 heavy (non-hydrogen) atoms. The lowest BCUT2D eigenvalue weighted by atomic mass is 10.1. The Hall–Kier alpha value is -2.38. The molecule has 0 aromatic heterocycles. The molecule has 0 aliphatic carbocycles. The Morgan fingerprint density at radius 3 is 2.00 bits per heavy atom. The Balaban J connectivity index is 5.30. The number of amides is 3. The minimum Gasteiger partial charge on any atom is -0.481 e. The highest BCUT2D eigenvalue weighted by Gasteiger charge is 2.30. The molecule has 3 amide bonds. The summed E-state index contributed by atoms with van der Waals surface area (Å²) in [5, 5.41) is 25.0. The van der Waals surface area contributed by atoms with Gasteiger partial charge in [0, 0.05) is 0 Å². The quantitative estimate of drug-likeness (QED) is 0.128. The molecule has 12 nitrogen and oxygen atoms in total. The number of nitrogens with two attached hydrogens (primary N) is 2. The molecular weight excluding hydrogens is 430 g/mol. The number of carboxylic acid groups (broad SMARTS) is 2. The molecule has 0 radical (unpaired) electrons. The first-order valence-corrected chi connectivity index (χ1v) is 11.2. The fourth-order valence-electron chi connectivity index (χ4n) is 2.45. The molecule has 0 saturated carbocycles. The van der Waals surface area contributed by atoms with Crippen LogP contribution >= 0.6 is 11.8 Å². The number of carbonyl (C=O) groups is 5. The molecule has 0 heterocycles. The molecule has 4 atom stereocenters. The summed E-state index contributed by atoms with van der Waals surface area (Å²) in [5.74, 6) is -4.28. The summed E-state index contributed by atoms with van der Waals surface area (Å²) >= 11 is 1.48. The fourth-order valence-corrected chi connectivity index (χ4v) is 2.94. The van der Waals surface area contributed by atoms with Gasteiger partial charge in [-0.2, -0.15) is 11.8 Å². The molecule has 0 aromatic carbocycles. The van der Waals surface area contributed by atoms with E-state index in [1.54, 1.807) is 0 Å². The van der Waals surface area contributed by atoms with Gasteiger partial charge in [0.25, 0.3) is 0 Å². The first kappa shape index (κ1) is 28.6. The van der Waals surface area contributed by atoms with Crippen LogP contribution in [0.4, 0.5) is 0 Å². The van der Waals surface area contributed by atoms with Gasteiger partial charge in [-0.05, 0) is 51.2 Å². The van der Waals surface area contributed by atoms with Crippen LogP contribution in [0.25, 0.3) is 0 Å². The van der Waals surface area contributed by atoms with Gasteiger partial charge in [-0.3, -0.25) is 24.0 Å². The second-order valence-corrected chi connectivity index (χ2v) is 7.95. The lowest BCUT2D eigenvalue weighted by molar-refractivity contribution is -0.143. The van der Waals surface area contributed by atoms with Gasteiger partial charge < -0.3 is 37.6 Å². The van der Waals surface area contributed by atoms with E-state index in [0.717, 1.165) is 0 Å². The van der Waals surface area contributed by atoms with Crippen molar-refractivity contribution >= 4 is 41.4 Å². The summed E-state index contributed by atoms with van der Waals surface area (Å²) in [4.78, 5) is 59.5. The normalized spacial score (nSPS) is 14.6.